The Morgan fingerprint density at radius 3 is 2.44 bits per heavy atom. The van der Waals surface area contributed by atoms with Crippen LogP contribution < -0.4 is 16.0 Å². The molecule has 0 saturated heterocycles. The van der Waals surface area contributed by atoms with Crippen LogP contribution in [0.2, 0.25) is 0 Å². The number of carbonyl (C=O) groups excluding carboxylic acids is 3. The second-order valence-corrected chi connectivity index (χ2v) is 8.43. The second-order valence-electron chi connectivity index (χ2n) is 8.43. The highest BCUT2D eigenvalue weighted by molar-refractivity contribution is 5.94. The van der Waals surface area contributed by atoms with Gasteiger partial charge in [-0.25, -0.2) is 0 Å². The maximum atomic E-state index is 13.0. The Hall–Kier alpha value is -3.61. The first-order valence-corrected chi connectivity index (χ1v) is 10.9. The van der Waals surface area contributed by atoms with Crippen molar-refractivity contribution in [3.05, 3.63) is 65.9 Å². The van der Waals surface area contributed by atoms with Gasteiger partial charge in [0, 0.05) is 42.0 Å². The molecule has 7 nitrogen and oxygen atoms in total. The van der Waals surface area contributed by atoms with Gasteiger partial charge in [0.1, 0.15) is 6.04 Å². The third-order valence-corrected chi connectivity index (χ3v) is 5.78. The van der Waals surface area contributed by atoms with E-state index in [4.69, 9.17) is 0 Å². The lowest BCUT2D eigenvalue weighted by atomic mass is 10.0. The molecule has 1 heterocycles. The van der Waals surface area contributed by atoms with Crippen LogP contribution in [0.4, 0.5) is 5.69 Å². The van der Waals surface area contributed by atoms with Crippen molar-refractivity contribution in [2.75, 3.05) is 5.32 Å². The van der Waals surface area contributed by atoms with Gasteiger partial charge in [0.05, 0.1) is 6.04 Å². The Balaban J connectivity index is 1.41. The van der Waals surface area contributed by atoms with Gasteiger partial charge in [-0.15, -0.1) is 0 Å². The minimum absolute atomic E-state index is 0.0644. The van der Waals surface area contributed by atoms with E-state index in [0.717, 1.165) is 40.6 Å². The number of carbonyl (C=O) groups is 3. The standard InChI is InChI=1S/C25H28N4O3/c1-15(17-9-11-20(12-10-17)29-24(31)18-7-8-18)27-25(32)23(28-16(2)30)13-19-14-26-22-6-4-3-5-21(19)22/h3-6,9-12,14-15,18,23,26H,7-8,13H2,1-2H3,(H,27,32)(H,28,30)(H,29,31). The zero-order valence-corrected chi connectivity index (χ0v) is 18.3. The molecule has 2 atom stereocenters. The summed E-state index contributed by atoms with van der Waals surface area (Å²) in [5.74, 6) is -0.289. The molecule has 0 radical (unpaired) electrons. The minimum atomic E-state index is -0.689. The SMILES string of the molecule is CC(=O)NC(Cc1c[nH]c2ccccc12)C(=O)NC(C)c1ccc(NC(=O)C2CC2)cc1. The van der Waals surface area contributed by atoms with Crippen LogP contribution >= 0.6 is 0 Å². The van der Waals surface area contributed by atoms with Crippen molar-refractivity contribution in [1.82, 2.24) is 15.6 Å². The molecular formula is C25H28N4O3. The Bertz CT molecular complexity index is 1130. The maximum Gasteiger partial charge on any atom is 0.243 e. The molecule has 2 aromatic carbocycles. The van der Waals surface area contributed by atoms with E-state index in [9.17, 15) is 14.4 Å². The number of aromatic nitrogens is 1. The van der Waals surface area contributed by atoms with Gasteiger partial charge in [-0.3, -0.25) is 14.4 Å². The molecule has 4 N–H and O–H groups in total. The summed E-state index contributed by atoms with van der Waals surface area (Å²) >= 11 is 0. The van der Waals surface area contributed by atoms with E-state index in [1.165, 1.54) is 6.92 Å². The number of fused-ring (bicyclic) bond motifs is 1. The molecule has 0 bridgehead atoms. The van der Waals surface area contributed by atoms with Crippen molar-refractivity contribution >= 4 is 34.3 Å². The molecule has 4 rings (SSSR count). The summed E-state index contributed by atoms with van der Waals surface area (Å²) in [4.78, 5) is 39.9. The number of nitrogens with one attached hydrogen (secondary N) is 4. The van der Waals surface area contributed by atoms with Crippen molar-refractivity contribution in [2.24, 2.45) is 5.92 Å². The van der Waals surface area contributed by atoms with Crippen LogP contribution in [0.15, 0.2) is 54.7 Å². The number of para-hydroxylation sites is 1. The van der Waals surface area contributed by atoms with Crippen molar-refractivity contribution in [3.63, 3.8) is 0 Å². The van der Waals surface area contributed by atoms with Gasteiger partial charge in [-0.1, -0.05) is 30.3 Å². The molecule has 166 valence electrons. The van der Waals surface area contributed by atoms with Gasteiger partial charge < -0.3 is 20.9 Å². The predicted octanol–water partition coefficient (Wildman–Crippen LogP) is 3.44. The number of hydrogen-bond donors (Lipinski definition) is 4. The van der Waals surface area contributed by atoms with Crippen LogP contribution in [0.25, 0.3) is 10.9 Å². The highest BCUT2D eigenvalue weighted by Crippen LogP contribution is 2.30. The fourth-order valence-corrected chi connectivity index (χ4v) is 3.82. The monoisotopic (exact) mass is 432 g/mol. The summed E-state index contributed by atoms with van der Waals surface area (Å²) < 4.78 is 0. The van der Waals surface area contributed by atoms with E-state index in [0.29, 0.717) is 6.42 Å². The molecular weight excluding hydrogens is 404 g/mol. The van der Waals surface area contributed by atoms with Crippen LogP contribution in [0.5, 0.6) is 0 Å². The number of rotatable bonds is 8. The fourth-order valence-electron chi connectivity index (χ4n) is 3.82. The smallest absolute Gasteiger partial charge is 0.243 e. The van der Waals surface area contributed by atoms with Crippen molar-refractivity contribution in [2.45, 2.75) is 45.2 Å². The van der Waals surface area contributed by atoms with E-state index in [1.807, 2.05) is 61.7 Å². The quantitative estimate of drug-likeness (QED) is 0.438. The van der Waals surface area contributed by atoms with Gasteiger partial charge >= 0.3 is 0 Å². The summed E-state index contributed by atoms with van der Waals surface area (Å²) in [6, 6.07) is 14.4. The minimum Gasteiger partial charge on any atom is -0.361 e. The number of benzene rings is 2. The molecule has 32 heavy (non-hydrogen) atoms. The Morgan fingerprint density at radius 1 is 1.03 bits per heavy atom. The molecule has 1 aliphatic rings. The van der Waals surface area contributed by atoms with Crippen LogP contribution in [0.3, 0.4) is 0 Å². The van der Waals surface area contributed by atoms with E-state index < -0.39 is 6.04 Å². The largest absolute Gasteiger partial charge is 0.361 e. The molecule has 1 saturated carbocycles. The number of aromatic amines is 1. The van der Waals surface area contributed by atoms with Crippen LogP contribution in [-0.2, 0) is 20.8 Å². The molecule has 0 aliphatic heterocycles. The first-order valence-electron chi connectivity index (χ1n) is 10.9. The third kappa shape index (κ3) is 5.17. The highest BCUT2D eigenvalue weighted by atomic mass is 16.2. The number of H-pyrrole nitrogens is 1. The van der Waals surface area contributed by atoms with E-state index in [2.05, 4.69) is 20.9 Å². The summed E-state index contributed by atoms with van der Waals surface area (Å²) in [5, 5.41) is 9.72. The van der Waals surface area contributed by atoms with Gasteiger partial charge in [0.15, 0.2) is 0 Å². The van der Waals surface area contributed by atoms with Crippen molar-refractivity contribution in [1.29, 1.82) is 0 Å². The first-order chi connectivity index (χ1) is 15.4. The lowest BCUT2D eigenvalue weighted by molar-refractivity contribution is -0.128. The molecule has 3 amide bonds. The van der Waals surface area contributed by atoms with Gasteiger partial charge in [0.2, 0.25) is 17.7 Å². The molecule has 7 heteroatoms. The fraction of sp³-hybridized carbons (Fsp3) is 0.320. The Labute approximate surface area is 187 Å². The van der Waals surface area contributed by atoms with Crippen LogP contribution in [0.1, 0.15) is 43.9 Å². The Kier molecular flexibility index (Phi) is 6.25. The lowest BCUT2D eigenvalue weighted by Gasteiger charge is -2.21. The molecule has 1 fully saturated rings. The second kappa shape index (κ2) is 9.26. The molecule has 0 spiro atoms. The lowest BCUT2D eigenvalue weighted by Crippen LogP contribution is -2.47. The average molecular weight is 433 g/mol. The summed E-state index contributed by atoms with van der Waals surface area (Å²) in [5.41, 5.74) is 3.63. The molecule has 1 aliphatic carbocycles. The normalized spacial score (nSPS) is 15.1. The summed E-state index contributed by atoms with van der Waals surface area (Å²) in [6.45, 7) is 3.31. The highest BCUT2D eigenvalue weighted by Gasteiger charge is 2.29. The number of hydrogen-bond acceptors (Lipinski definition) is 3. The summed E-state index contributed by atoms with van der Waals surface area (Å²) in [7, 11) is 0. The molecule has 3 aromatic rings. The molecule has 2 unspecified atom stereocenters. The Morgan fingerprint density at radius 2 is 1.75 bits per heavy atom. The van der Waals surface area contributed by atoms with Gasteiger partial charge in [0.25, 0.3) is 0 Å². The van der Waals surface area contributed by atoms with Crippen LogP contribution in [-0.4, -0.2) is 28.7 Å². The zero-order valence-electron chi connectivity index (χ0n) is 18.3. The molecule has 1 aromatic heterocycles. The number of amides is 3. The zero-order chi connectivity index (χ0) is 22.7. The van der Waals surface area contributed by atoms with Crippen molar-refractivity contribution in [3.8, 4) is 0 Å². The predicted molar refractivity (Wildman–Crippen MR) is 124 cm³/mol. The first kappa shape index (κ1) is 21.6. The topological polar surface area (TPSA) is 103 Å². The third-order valence-electron chi connectivity index (χ3n) is 5.78. The van der Waals surface area contributed by atoms with Crippen molar-refractivity contribution < 1.29 is 14.4 Å². The van der Waals surface area contributed by atoms with Crippen LogP contribution in [0, 0.1) is 5.92 Å². The van der Waals surface area contributed by atoms with E-state index >= 15 is 0 Å². The van der Waals surface area contributed by atoms with E-state index in [1.54, 1.807) is 0 Å². The maximum absolute atomic E-state index is 13.0. The van der Waals surface area contributed by atoms with Gasteiger partial charge in [-0.2, -0.15) is 0 Å². The number of anilines is 1. The summed E-state index contributed by atoms with van der Waals surface area (Å²) in [6.07, 6.45) is 4.18. The van der Waals surface area contributed by atoms with E-state index in [-0.39, 0.29) is 29.7 Å². The average Bonchev–Trinajstić information content (AvgIpc) is 3.55. The van der Waals surface area contributed by atoms with Gasteiger partial charge in [-0.05, 0) is 49.1 Å².